The minimum atomic E-state index is -0.261. The van der Waals surface area contributed by atoms with Crippen LogP contribution >= 0.6 is 0 Å². The molecule has 0 radical (unpaired) electrons. The number of pyridine rings is 1. The number of benzene rings is 2. The van der Waals surface area contributed by atoms with E-state index in [0.717, 1.165) is 11.1 Å². The lowest BCUT2D eigenvalue weighted by Crippen LogP contribution is -2.18. The van der Waals surface area contributed by atoms with Crippen molar-refractivity contribution >= 4 is 34.2 Å². The number of hydrogen-bond donors (Lipinski definition) is 2. The fourth-order valence-corrected chi connectivity index (χ4v) is 3.65. The van der Waals surface area contributed by atoms with Crippen molar-refractivity contribution in [2.24, 2.45) is 5.92 Å². The van der Waals surface area contributed by atoms with Crippen LogP contribution in [-0.4, -0.2) is 26.6 Å². The molecule has 4 aromatic rings. The van der Waals surface area contributed by atoms with Gasteiger partial charge in [0.2, 0.25) is 5.91 Å². The van der Waals surface area contributed by atoms with Gasteiger partial charge in [-0.25, -0.2) is 9.67 Å². The molecule has 0 unspecified atom stereocenters. The topological polar surface area (TPSA) is 88.9 Å². The quantitative estimate of drug-likeness (QED) is 0.383. The van der Waals surface area contributed by atoms with Gasteiger partial charge in [0, 0.05) is 28.9 Å². The second-order valence-electron chi connectivity index (χ2n) is 8.97. The molecule has 2 aromatic carbocycles. The van der Waals surface area contributed by atoms with Crippen LogP contribution in [0.2, 0.25) is 0 Å². The second kappa shape index (κ2) is 9.47. The van der Waals surface area contributed by atoms with Crippen molar-refractivity contribution in [3.05, 3.63) is 71.9 Å². The molecule has 0 aliphatic rings. The van der Waals surface area contributed by atoms with Gasteiger partial charge in [-0.3, -0.25) is 9.59 Å². The lowest BCUT2D eigenvalue weighted by molar-refractivity contribution is -0.118. The van der Waals surface area contributed by atoms with E-state index in [1.165, 1.54) is 0 Å². The highest BCUT2D eigenvalue weighted by Gasteiger charge is 2.19. The normalized spacial score (nSPS) is 11.3. The van der Waals surface area contributed by atoms with Crippen LogP contribution in [0.15, 0.2) is 60.8 Å². The van der Waals surface area contributed by atoms with Crippen LogP contribution in [0.1, 0.15) is 49.7 Å². The molecule has 2 aromatic heterocycles. The van der Waals surface area contributed by atoms with Gasteiger partial charge in [-0.1, -0.05) is 50.2 Å². The third-order valence-electron chi connectivity index (χ3n) is 5.65. The largest absolute Gasteiger partial charge is 0.326 e. The zero-order chi connectivity index (χ0) is 24.4. The summed E-state index contributed by atoms with van der Waals surface area (Å²) in [6.45, 7) is 9.65. The van der Waals surface area contributed by atoms with Crippen molar-refractivity contribution in [2.45, 2.75) is 40.7 Å². The molecule has 2 heterocycles. The molecule has 0 saturated carbocycles. The second-order valence-corrected chi connectivity index (χ2v) is 8.97. The van der Waals surface area contributed by atoms with Crippen molar-refractivity contribution < 1.29 is 9.59 Å². The zero-order valence-corrected chi connectivity index (χ0v) is 20.1. The highest BCUT2D eigenvalue weighted by Crippen LogP contribution is 2.28. The van der Waals surface area contributed by atoms with E-state index in [1.807, 2.05) is 81.8 Å². The molecule has 0 spiro atoms. The maximum absolute atomic E-state index is 13.5. The zero-order valence-electron chi connectivity index (χ0n) is 20.1. The Hall–Kier alpha value is -4.00. The standard InChI is InChI=1S/C27H29N5O2/c1-16(2)26(33)29-20-12-11-18(5)23(13-20)31-27(34)21-14-24(19-9-7-6-8-10-19)30-25-22(21)15-28-32(25)17(3)4/h6-17H,1-5H3,(H,29,33)(H,31,34). The first-order chi connectivity index (χ1) is 16.2. The summed E-state index contributed by atoms with van der Waals surface area (Å²) < 4.78 is 1.83. The van der Waals surface area contributed by atoms with Gasteiger partial charge in [-0.15, -0.1) is 0 Å². The van der Waals surface area contributed by atoms with Gasteiger partial charge in [0.1, 0.15) is 0 Å². The van der Waals surface area contributed by atoms with Crippen LogP contribution in [0.5, 0.6) is 0 Å². The molecule has 0 atom stereocenters. The summed E-state index contributed by atoms with van der Waals surface area (Å²) in [4.78, 5) is 30.5. The Bertz CT molecular complexity index is 1360. The smallest absolute Gasteiger partial charge is 0.256 e. The highest BCUT2D eigenvalue weighted by atomic mass is 16.2. The van der Waals surface area contributed by atoms with E-state index in [2.05, 4.69) is 15.7 Å². The van der Waals surface area contributed by atoms with Crippen LogP contribution in [0, 0.1) is 12.8 Å². The fourth-order valence-electron chi connectivity index (χ4n) is 3.65. The Labute approximate surface area is 199 Å². The van der Waals surface area contributed by atoms with Gasteiger partial charge in [0.25, 0.3) is 5.91 Å². The number of amides is 2. The van der Waals surface area contributed by atoms with Crippen molar-refractivity contribution in [3.63, 3.8) is 0 Å². The van der Waals surface area contributed by atoms with E-state index in [-0.39, 0.29) is 23.8 Å². The van der Waals surface area contributed by atoms with Crippen LogP contribution in [0.3, 0.4) is 0 Å². The van der Waals surface area contributed by atoms with E-state index >= 15 is 0 Å². The Morgan fingerprint density at radius 3 is 2.35 bits per heavy atom. The first kappa shape index (κ1) is 23.2. The van der Waals surface area contributed by atoms with Gasteiger partial charge >= 0.3 is 0 Å². The Morgan fingerprint density at radius 1 is 0.941 bits per heavy atom. The summed E-state index contributed by atoms with van der Waals surface area (Å²) in [5, 5.41) is 11.1. The fraction of sp³-hybridized carbons (Fsp3) is 0.259. The number of nitrogens with zero attached hydrogens (tertiary/aromatic N) is 3. The predicted molar refractivity (Wildman–Crippen MR) is 136 cm³/mol. The maximum Gasteiger partial charge on any atom is 0.256 e. The van der Waals surface area contributed by atoms with E-state index in [0.29, 0.717) is 33.7 Å². The number of carbonyl (C=O) groups excluding carboxylic acids is 2. The van der Waals surface area contributed by atoms with E-state index in [1.54, 1.807) is 18.3 Å². The lowest BCUT2D eigenvalue weighted by Gasteiger charge is -2.14. The van der Waals surface area contributed by atoms with Crippen LogP contribution in [0.25, 0.3) is 22.3 Å². The van der Waals surface area contributed by atoms with Gasteiger partial charge in [-0.05, 0) is 44.5 Å². The first-order valence-corrected chi connectivity index (χ1v) is 11.4. The molecular formula is C27H29N5O2. The molecule has 0 aliphatic heterocycles. The SMILES string of the molecule is Cc1ccc(NC(=O)C(C)C)cc1NC(=O)c1cc(-c2ccccc2)nc2c1cnn2C(C)C. The van der Waals surface area contributed by atoms with Crippen LogP contribution in [-0.2, 0) is 4.79 Å². The number of hydrogen-bond acceptors (Lipinski definition) is 4. The number of carbonyl (C=O) groups is 2. The third-order valence-corrected chi connectivity index (χ3v) is 5.65. The molecule has 0 aliphatic carbocycles. The predicted octanol–water partition coefficient (Wildman–Crippen LogP) is 5.83. The number of nitrogens with one attached hydrogen (secondary N) is 2. The van der Waals surface area contributed by atoms with E-state index in [4.69, 9.17) is 4.98 Å². The Kier molecular flexibility index (Phi) is 6.45. The molecule has 0 saturated heterocycles. The molecule has 4 rings (SSSR count). The summed E-state index contributed by atoms with van der Waals surface area (Å²) in [7, 11) is 0. The highest BCUT2D eigenvalue weighted by molar-refractivity contribution is 6.13. The summed E-state index contributed by atoms with van der Waals surface area (Å²) in [5.74, 6) is -0.479. The Balaban J connectivity index is 1.75. The number of rotatable bonds is 6. The minimum absolute atomic E-state index is 0.0782. The molecular weight excluding hydrogens is 426 g/mol. The number of fused-ring (bicyclic) bond motifs is 1. The molecule has 2 amide bonds. The average Bonchev–Trinajstić information content (AvgIpc) is 3.25. The van der Waals surface area contributed by atoms with Crippen molar-refractivity contribution in [2.75, 3.05) is 10.6 Å². The maximum atomic E-state index is 13.5. The van der Waals surface area contributed by atoms with E-state index < -0.39 is 0 Å². The molecule has 0 fully saturated rings. The van der Waals surface area contributed by atoms with Gasteiger partial charge in [-0.2, -0.15) is 5.10 Å². The monoisotopic (exact) mass is 455 g/mol. The molecule has 7 heteroatoms. The molecule has 34 heavy (non-hydrogen) atoms. The number of aromatic nitrogens is 3. The molecule has 0 bridgehead atoms. The third kappa shape index (κ3) is 4.69. The minimum Gasteiger partial charge on any atom is -0.326 e. The molecule has 174 valence electrons. The van der Waals surface area contributed by atoms with Gasteiger partial charge in [0.05, 0.1) is 22.8 Å². The van der Waals surface area contributed by atoms with Gasteiger partial charge in [0.15, 0.2) is 5.65 Å². The average molecular weight is 456 g/mol. The van der Waals surface area contributed by atoms with Crippen molar-refractivity contribution in [3.8, 4) is 11.3 Å². The number of anilines is 2. The first-order valence-electron chi connectivity index (χ1n) is 11.4. The summed E-state index contributed by atoms with van der Waals surface area (Å²) in [5.41, 5.74) is 4.94. The number of aryl methyl sites for hydroxylation is 1. The van der Waals surface area contributed by atoms with Gasteiger partial charge < -0.3 is 10.6 Å². The lowest BCUT2D eigenvalue weighted by atomic mass is 10.1. The van der Waals surface area contributed by atoms with Crippen molar-refractivity contribution in [1.82, 2.24) is 14.8 Å². The Morgan fingerprint density at radius 2 is 1.68 bits per heavy atom. The summed E-state index contributed by atoms with van der Waals surface area (Å²) >= 11 is 0. The van der Waals surface area contributed by atoms with E-state index in [9.17, 15) is 9.59 Å². The molecule has 7 nitrogen and oxygen atoms in total. The summed E-state index contributed by atoms with van der Waals surface area (Å²) in [6, 6.07) is 17.2. The molecule has 2 N–H and O–H groups in total. The summed E-state index contributed by atoms with van der Waals surface area (Å²) in [6.07, 6.45) is 1.69. The van der Waals surface area contributed by atoms with Crippen molar-refractivity contribution in [1.29, 1.82) is 0 Å². The van der Waals surface area contributed by atoms with Crippen LogP contribution in [0.4, 0.5) is 11.4 Å². The van der Waals surface area contributed by atoms with Crippen LogP contribution < -0.4 is 10.6 Å².